The fraction of sp³-hybridized carbons (Fsp3) is 0.538. The zero-order chi connectivity index (χ0) is 71.5. The summed E-state index contributed by atoms with van der Waals surface area (Å²) >= 11 is 0. The van der Waals surface area contributed by atoms with Crippen molar-refractivity contribution in [2.75, 3.05) is 36.8 Å². The predicted molar refractivity (Wildman–Crippen MR) is 442 cm³/mol. The van der Waals surface area contributed by atoms with E-state index in [1.165, 1.54) is 224 Å². The number of nitrogens with zero attached hydrogens (tertiary/aromatic N) is 7. The number of hydrogen-bond donors (Lipinski definition) is 1. The third kappa shape index (κ3) is 17.0. The van der Waals surface area contributed by atoms with Crippen LogP contribution in [0, 0.1) is 10.1 Å². The average Bonchev–Trinajstić information content (AvgIpc) is 1.68. The Morgan fingerprint density at radius 2 is 0.728 bits per heavy atom. The molecule has 12 rings (SSSR count). The van der Waals surface area contributed by atoms with Gasteiger partial charge in [-0.05, 0) is 107 Å². The maximum Gasteiger partial charge on any atom is 0.294 e. The van der Waals surface area contributed by atoms with Crippen molar-refractivity contribution >= 4 is 121 Å². The molecule has 0 aliphatic heterocycles. The molecule has 0 aliphatic rings. The first-order valence-electron chi connectivity index (χ1n) is 41.6. The fourth-order valence-electron chi connectivity index (χ4n) is 17.9. The van der Waals surface area contributed by atoms with Crippen LogP contribution in [0.5, 0.6) is 0 Å². The Hall–Kier alpha value is -7.70. The van der Waals surface area contributed by atoms with Crippen molar-refractivity contribution in [1.29, 1.82) is 0 Å². The van der Waals surface area contributed by atoms with Crippen LogP contribution in [0.4, 0.5) is 22.7 Å². The molecule has 0 saturated heterocycles. The van der Waals surface area contributed by atoms with Gasteiger partial charge < -0.3 is 10.6 Å². The summed E-state index contributed by atoms with van der Waals surface area (Å²) in [6.45, 7) is 13.4. The number of imidazole rings is 2. The first-order chi connectivity index (χ1) is 50.6. The second-order valence-corrected chi connectivity index (χ2v) is 31.2. The largest absolute Gasteiger partial charge is 0.394 e. The van der Waals surface area contributed by atoms with E-state index in [2.05, 4.69) is 111 Å². The highest BCUT2D eigenvalue weighted by atomic mass is 16.6. The number of nitrogen functional groups attached to an aromatic ring is 1. The number of anilines is 2. The number of fused-ring (bicyclic) bond motifs is 10. The Kier molecular flexibility index (Phi) is 26.8. The summed E-state index contributed by atoms with van der Waals surface area (Å²) in [5.74, 6) is 0. The molecule has 0 aliphatic carbocycles. The van der Waals surface area contributed by atoms with Crippen molar-refractivity contribution in [2.45, 2.75) is 291 Å². The van der Waals surface area contributed by atoms with E-state index in [0.29, 0.717) is 44.5 Å². The molecule has 12 aromatic rings. The van der Waals surface area contributed by atoms with Crippen LogP contribution >= 0.6 is 0 Å². The van der Waals surface area contributed by atoms with Crippen molar-refractivity contribution in [3.8, 4) is 0 Å². The molecule has 8 aromatic carbocycles. The van der Waals surface area contributed by atoms with Gasteiger partial charge in [0.25, 0.3) is 16.8 Å². The smallest absolute Gasteiger partial charge is 0.294 e. The van der Waals surface area contributed by atoms with Crippen LogP contribution in [-0.2, 0) is 6.54 Å². The lowest BCUT2D eigenvalue weighted by atomic mass is 9.86. The van der Waals surface area contributed by atoms with E-state index in [-0.39, 0.29) is 21.7 Å². The summed E-state index contributed by atoms with van der Waals surface area (Å²) in [5, 5.41) is 23.9. The summed E-state index contributed by atoms with van der Waals surface area (Å²) in [6, 6.07) is 35.5. The molecule has 0 bridgehead atoms. The number of rotatable bonds is 49. The molecule has 4 heterocycles. The Labute approximate surface area is 613 Å². The zero-order valence-electron chi connectivity index (χ0n) is 63.5. The number of pyridine rings is 2. The molecule has 0 atom stereocenters. The van der Waals surface area contributed by atoms with E-state index in [0.717, 1.165) is 146 Å². The minimum Gasteiger partial charge on any atom is -0.394 e. The SMILES string of the molecule is CCCCCCCCCCCCN(CCCCCCCCCCCC)c1cc2nc3c4ccc5c6ccc7c(=O)n8c9cc(N)c([N+](CCCCCCCCCCCC)(CCCCCCCCCCCC)Cc%10ccccc%10)cc9nc8c8ccc(c9ccc(c(=O)n3c2cc1[N+](=O)[O-])c4c95)c6c78. The van der Waals surface area contributed by atoms with Gasteiger partial charge in [0, 0.05) is 63.1 Å². The van der Waals surface area contributed by atoms with Gasteiger partial charge in [-0.15, -0.1) is 0 Å². The van der Waals surface area contributed by atoms with Gasteiger partial charge in [0.2, 0.25) is 0 Å². The molecule has 2 N–H and O–H groups in total. The van der Waals surface area contributed by atoms with Crippen molar-refractivity contribution < 1.29 is 4.92 Å². The molecule has 0 amide bonds. The van der Waals surface area contributed by atoms with Gasteiger partial charge in [0.05, 0.1) is 45.8 Å². The van der Waals surface area contributed by atoms with Crippen molar-refractivity contribution in [3.05, 3.63) is 140 Å². The van der Waals surface area contributed by atoms with Gasteiger partial charge in [-0.25, -0.2) is 9.97 Å². The standard InChI is InChI=1S/C91H120N8O4/c1-5-9-13-17-21-25-29-33-37-44-58-95(59-45-38-34-30-26-22-18-14-10-6-2)81-63-77-80(65-82(81)98(102)103)97-88(93-77)72-54-50-68-70-52-56-74-87-73(55-51-69(85(70)87)71-53-57-75(91(97)101)86(72)84(68)71)89-94-78-64-83(76(92)62-79(78)96(89)90(74)100)99(66-67-48-42-41-43-49-67,60-46-39-35-31-27-23-19-15-11-7-3)61-47-40-36-32-28-24-20-16-12-8-4/h41-43,48-57,62-65H,5-40,44-47,58-61,66H2,1-4H3,(H-,92,93,101)/p+1. The van der Waals surface area contributed by atoms with Crippen molar-refractivity contribution in [1.82, 2.24) is 23.3 Å². The van der Waals surface area contributed by atoms with Crippen LogP contribution in [0.3, 0.4) is 0 Å². The summed E-state index contributed by atoms with van der Waals surface area (Å²) < 4.78 is 4.19. The second-order valence-electron chi connectivity index (χ2n) is 31.2. The number of nitro benzene ring substituents is 1. The summed E-state index contributed by atoms with van der Waals surface area (Å²) in [4.78, 5) is 57.1. The van der Waals surface area contributed by atoms with Crippen LogP contribution in [-0.4, -0.2) is 49.9 Å². The molecule has 0 fully saturated rings. The van der Waals surface area contributed by atoms with Gasteiger partial charge in [-0.1, -0.05) is 301 Å². The predicted octanol–water partition coefficient (Wildman–Crippen LogP) is 25.7. The average molecular weight is 1390 g/mol. The van der Waals surface area contributed by atoms with Crippen LogP contribution in [0.1, 0.15) is 290 Å². The number of unbranched alkanes of at least 4 members (excludes halogenated alkanes) is 36. The summed E-state index contributed by atoms with van der Waals surface area (Å²) in [7, 11) is 0. The van der Waals surface area contributed by atoms with Gasteiger partial charge >= 0.3 is 0 Å². The number of nitro groups is 1. The lowest BCUT2D eigenvalue weighted by molar-refractivity contribution is -0.384. The quantitative estimate of drug-likeness (QED) is 0.00756. The minimum atomic E-state index is -0.258. The van der Waals surface area contributed by atoms with E-state index in [1.54, 1.807) is 10.5 Å². The molecular formula is C91H121N8O4+. The second kappa shape index (κ2) is 36.8. The van der Waals surface area contributed by atoms with Gasteiger partial charge in [0.1, 0.15) is 23.5 Å². The number of benzene rings is 8. The van der Waals surface area contributed by atoms with E-state index < -0.39 is 0 Å². The molecule has 0 radical (unpaired) electrons. The molecule has 12 heteroatoms. The Balaban J connectivity index is 0.891. The maximum atomic E-state index is 15.5. The van der Waals surface area contributed by atoms with Gasteiger partial charge in [-0.3, -0.25) is 33.0 Å². The normalized spacial score (nSPS) is 12.5. The molecule has 0 saturated carbocycles. The van der Waals surface area contributed by atoms with E-state index in [9.17, 15) is 10.1 Å². The highest BCUT2D eigenvalue weighted by Gasteiger charge is 2.35. The maximum absolute atomic E-state index is 15.5. The first kappa shape index (κ1) is 75.0. The number of nitrogens with two attached hydrogens (primary N) is 1. The monoisotopic (exact) mass is 1390 g/mol. The highest BCUT2D eigenvalue weighted by molar-refractivity contribution is 6.40. The molecule has 0 spiro atoms. The molecule has 0 unspecified atom stereocenters. The summed E-state index contributed by atoms with van der Waals surface area (Å²) in [6.07, 6.45) is 50.1. The third-order valence-corrected chi connectivity index (χ3v) is 23.6. The van der Waals surface area contributed by atoms with Crippen LogP contribution in [0.15, 0.2) is 113 Å². The fourth-order valence-corrected chi connectivity index (χ4v) is 17.9. The van der Waals surface area contributed by atoms with Gasteiger partial charge in [-0.2, -0.15) is 0 Å². The highest BCUT2D eigenvalue weighted by Crippen LogP contribution is 2.47. The Morgan fingerprint density at radius 1 is 0.398 bits per heavy atom. The third-order valence-electron chi connectivity index (χ3n) is 23.6. The minimum absolute atomic E-state index is 0.0162. The molecule has 548 valence electrons. The lowest BCUT2D eigenvalue weighted by Gasteiger charge is -2.39. The van der Waals surface area contributed by atoms with Gasteiger partial charge in [0.15, 0.2) is 5.69 Å². The number of aromatic nitrogens is 4. The zero-order valence-corrected chi connectivity index (χ0v) is 63.5. The topological polar surface area (TPSA) is 141 Å². The van der Waals surface area contributed by atoms with Crippen molar-refractivity contribution in [3.63, 3.8) is 0 Å². The van der Waals surface area contributed by atoms with E-state index in [4.69, 9.17) is 15.7 Å². The molecule has 103 heavy (non-hydrogen) atoms. The molecular weight excluding hydrogens is 1270 g/mol. The summed E-state index contributed by atoms with van der Waals surface area (Å²) in [5.41, 5.74) is 14.5. The Bertz CT molecular complexity index is 4760. The lowest BCUT2D eigenvalue weighted by Crippen LogP contribution is -2.50. The van der Waals surface area contributed by atoms with E-state index >= 15 is 9.59 Å². The number of hydrogen-bond acceptors (Lipinski definition) is 8. The molecule has 4 aromatic heterocycles. The van der Waals surface area contributed by atoms with Crippen LogP contribution in [0.2, 0.25) is 0 Å². The van der Waals surface area contributed by atoms with Crippen LogP contribution in [0.25, 0.3) is 98.0 Å². The van der Waals surface area contributed by atoms with E-state index in [1.807, 2.05) is 22.6 Å². The first-order valence-corrected chi connectivity index (χ1v) is 41.6. The van der Waals surface area contributed by atoms with Crippen LogP contribution < -0.4 is 26.2 Å². The Morgan fingerprint density at radius 3 is 1.12 bits per heavy atom. The van der Waals surface area contributed by atoms with Crippen molar-refractivity contribution in [2.24, 2.45) is 0 Å². The number of quaternary nitrogens is 1. The molecule has 12 nitrogen and oxygen atoms in total.